The molecule has 120 valence electrons. The van der Waals surface area contributed by atoms with Gasteiger partial charge in [0.1, 0.15) is 0 Å². The number of hydrogen-bond donors (Lipinski definition) is 1. The Labute approximate surface area is 126 Å². The predicted molar refractivity (Wildman–Crippen MR) is 77.3 cm³/mol. The summed E-state index contributed by atoms with van der Waals surface area (Å²) in [4.78, 5) is 0. The largest absolute Gasteiger partial charge is 0.481 e. The van der Waals surface area contributed by atoms with Crippen molar-refractivity contribution < 1.29 is 17.9 Å². The fourth-order valence-corrected chi connectivity index (χ4v) is 2.43. The summed E-state index contributed by atoms with van der Waals surface area (Å²) in [6, 6.07) is 5.30. The average Bonchev–Trinajstić information content (AvgIpc) is 2.84. The highest BCUT2D eigenvalue weighted by Crippen LogP contribution is 2.36. The van der Waals surface area contributed by atoms with Crippen molar-refractivity contribution in [3.8, 4) is 11.6 Å². The molecule has 0 saturated carbocycles. The quantitative estimate of drug-likeness (QED) is 0.923. The van der Waals surface area contributed by atoms with Crippen LogP contribution >= 0.6 is 0 Å². The summed E-state index contributed by atoms with van der Waals surface area (Å²) in [5.74, 6) is 0.305. The van der Waals surface area contributed by atoms with E-state index in [1.807, 2.05) is 6.92 Å². The molecule has 0 saturated heterocycles. The molecule has 0 amide bonds. The Morgan fingerprint density at radius 1 is 1.27 bits per heavy atom. The number of methoxy groups -OCH3 is 1. The maximum absolute atomic E-state index is 13.2. The number of hydrogen-bond acceptors (Lipinski definition) is 3. The highest BCUT2D eigenvalue weighted by molar-refractivity contribution is 5.47. The van der Waals surface area contributed by atoms with Gasteiger partial charge in [-0.05, 0) is 31.5 Å². The Kier molecular flexibility index (Phi) is 4.75. The zero-order chi connectivity index (χ0) is 16.3. The molecule has 0 atom stereocenters. The van der Waals surface area contributed by atoms with Crippen molar-refractivity contribution in [3.05, 3.63) is 41.1 Å². The molecule has 0 fully saturated rings. The van der Waals surface area contributed by atoms with Crippen LogP contribution in [0.5, 0.6) is 5.88 Å². The van der Waals surface area contributed by atoms with Crippen LogP contribution in [-0.4, -0.2) is 23.4 Å². The number of ether oxygens (including phenoxy) is 1. The third kappa shape index (κ3) is 2.94. The monoisotopic (exact) mass is 313 g/mol. The topological polar surface area (TPSA) is 53.1 Å². The van der Waals surface area contributed by atoms with Gasteiger partial charge in [-0.25, -0.2) is 0 Å². The number of alkyl halides is 3. The maximum Gasteiger partial charge on any atom is 0.418 e. The summed E-state index contributed by atoms with van der Waals surface area (Å²) in [5.41, 5.74) is 6.23. The number of nitrogens with zero attached hydrogens (tertiary/aromatic N) is 2. The zero-order valence-corrected chi connectivity index (χ0v) is 12.4. The van der Waals surface area contributed by atoms with Gasteiger partial charge in [0, 0.05) is 5.56 Å². The van der Waals surface area contributed by atoms with Gasteiger partial charge < -0.3 is 10.5 Å². The fraction of sp³-hybridized carbons (Fsp3) is 0.400. The van der Waals surface area contributed by atoms with E-state index < -0.39 is 11.7 Å². The third-order valence-electron chi connectivity index (χ3n) is 3.38. The Morgan fingerprint density at radius 2 is 1.95 bits per heavy atom. The molecular formula is C15H18F3N3O. The van der Waals surface area contributed by atoms with E-state index in [0.717, 1.165) is 11.6 Å². The number of para-hydroxylation sites is 1. The van der Waals surface area contributed by atoms with Gasteiger partial charge in [0.05, 0.1) is 24.1 Å². The van der Waals surface area contributed by atoms with Crippen LogP contribution in [0.3, 0.4) is 0 Å². The molecule has 0 aliphatic heterocycles. The average molecular weight is 313 g/mol. The second-order valence-electron chi connectivity index (χ2n) is 4.75. The van der Waals surface area contributed by atoms with Crippen LogP contribution in [0.15, 0.2) is 24.3 Å². The van der Waals surface area contributed by atoms with Gasteiger partial charge in [0.2, 0.25) is 5.88 Å². The smallest absolute Gasteiger partial charge is 0.418 e. The number of aryl methyl sites for hydroxylation is 1. The first-order valence-corrected chi connectivity index (χ1v) is 6.95. The molecule has 0 unspecified atom stereocenters. The van der Waals surface area contributed by atoms with Crippen molar-refractivity contribution in [3.63, 3.8) is 0 Å². The van der Waals surface area contributed by atoms with Crippen LogP contribution in [0, 0.1) is 0 Å². The van der Waals surface area contributed by atoms with E-state index >= 15 is 0 Å². The third-order valence-corrected chi connectivity index (χ3v) is 3.38. The summed E-state index contributed by atoms with van der Waals surface area (Å²) >= 11 is 0. The first kappa shape index (κ1) is 16.4. The van der Waals surface area contributed by atoms with Gasteiger partial charge in [0.15, 0.2) is 0 Å². The molecule has 0 spiro atoms. The number of aromatic nitrogens is 2. The SMILES string of the molecule is CCc1nn(-c2ccccc2C(F)(F)F)c(OC)c1CCN. The van der Waals surface area contributed by atoms with Crippen molar-refractivity contribution in [2.75, 3.05) is 13.7 Å². The Balaban J connectivity index is 2.68. The molecular weight excluding hydrogens is 295 g/mol. The normalized spacial score (nSPS) is 11.7. The van der Waals surface area contributed by atoms with Gasteiger partial charge in [-0.3, -0.25) is 0 Å². The number of benzene rings is 1. The number of nitrogens with two attached hydrogens (primary N) is 1. The maximum atomic E-state index is 13.2. The minimum Gasteiger partial charge on any atom is -0.481 e. The minimum absolute atomic E-state index is 0.0511. The zero-order valence-electron chi connectivity index (χ0n) is 12.4. The van der Waals surface area contributed by atoms with E-state index in [0.29, 0.717) is 31.0 Å². The lowest BCUT2D eigenvalue weighted by molar-refractivity contribution is -0.137. The molecule has 2 N–H and O–H groups in total. The lowest BCUT2D eigenvalue weighted by atomic mass is 10.1. The second kappa shape index (κ2) is 6.39. The summed E-state index contributed by atoms with van der Waals surface area (Å²) in [6.07, 6.45) is -3.37. The van der Waals surface area contributed by atoms with E-state index in [1.54, 1.807) is 6.07 Å². The van der Waals surface area contributed by atoms with E-state index in [4.69, 9.17) is 10.5 Å². The van der Waals surface area contributed by atoms with Gasteiger partial charge in [0.25, 0.3) is 0 Å². The Hall–Kier alpha value is -2.02. The van der Waals surface area contributed by atoms with Gasteiger partial charge >= 0.3 is 6.18 Å². The molecule has 0 aliphatic rings. The van der Waals surface area contributed by atoms with E-state index in [9.17, 15) is 13.2 Å². The summed E-state index contributed by atoms with van der Waals surface area (Å²) in [7, 11) is 1.42. The molecule has 1 heterocycles. The van der Waals surface area contributed by atoms with Gasteiger partial charge in [-0.2, -0.15) is 23.0 Å². The molecule has 1 aromatic carbocycles. The first-order chi connectivity index (χ1) is 10.4. The van der Waals surface area contributed by atoms with Gasteiger partial charge in [-0.1, -0.05) is 19.1 Å². The predicted octanol–water partition coefficient (Wildman–Crippen LogP) is 2.96. The van der Waals surface area contributed by atoms with Crippen LogP contribution in [0.25, 0.3) is 5.69 Å². The van der Waals surface area contributed by atoms with Crippen LogP contribution < -0.4 is 10.5 Å². The Bertz CT molecular complexity index is 650. The second-order valence-corrected chi connectivity index (χ2v) is 4.75. The van der Waals surface area contributed by atoms with Gasteiger partial charge in [-0.15, -0.1) is 0 Å². The molecule has 7 heteroatoms. The van der Waals surface area contributed by atoms with E-state index in [1.165, 1.54) is 23.9 Å². The van der Waals surface area contributed by atoms with Crippen LogP contribution in [-0.2, 0) is 19.0 Å². The molecule has 22 heavy (non-hydrogen) atoms. The van der Waals surface area contributed by atoms with Crippen molar-refractivity contribution in [1.82, 2.24) is 9.78 Å². The number of rotatable bonds is 5. The molecule has 2 aromatic rings. The summed E-state index contributed by atoms with van der Waals surface area (Å²) in [6.45, 7) is 2.26. The van der Waals surface area contributed by atoms with Crippen LogP contribution in [0.2, 0.25) is 0 Å². The first-order valence-electron chi connectivity index (χ1n) is 6.95. The van der Waals surface area contributed by atoms with Crippen molar-refractivity contribution in [2.24, 2.45) is 5.73 Å². The molecule has 4 nitrogen and oxygen atoms in total. The summed E-state index contributed by atoms with van der Waals surface area (Å²) in [5, 5.41) is 4.30. The van der Waals surface area contributed by atoms with Crippen LogP contribution in [0.1, 0.15) is 23.7 Å². The summed E-state index contributed by atoms with van der Waals surface area (Å²) < 4.78 is 46.1. The van der Waals surface area contributed by atoms with Crippen molar-refractivity contribution in [1.29, 1.82) is 0 Å². The molecule has 2 rings (SSSR count). The van der Waals surface area contributed by atoms with E-state index in [-0.39, 0.29) is 5.69 Å². The molecule has 0 aliphatic carbocycles. The highest BCUT2D eigenvalue weighted by atomic mass is 19.4. The Morgan fingerprint density at radius 3 is 2.50 bits per heavy atom. The van der Waals surface area contributed by atoms with Crippen molar-refractivity contribution in [2.45, 2.75) is 25.9 Å². The molecule has 1 aromatic heterocycles. The number of halogens is 3. The minimum atomic E-state index is -4.46. The molecule has 0 bridgehead atoms. The molecule has 0 radical (unpaired) electrons. The van der Waals surface area contributed by atoms with E-state index in [2.05, 4.69) is 5.10 Å². The van der Waals surface area contributed by atoms with Crippen molar-refractivity contribution >= 4 is 0 Å². The fourth-order valence-electron chi connectivity index (χ4n) is 2.43. The lowest BCUT2D eigenvalue weighted by Crippen LogP contribution is -2.12. The lowest BCUT2D eigenvalue weighted by Gasteiger charge is -2.14. The van der Waals surface area contributed by atoms with Crippen LogP contribution in [0.4, 0.5) is 13.2 Å². The highest BCUT2D eigenvalue weighted by Gasteiger charge is 2.35. The standard InChI is InChI=1S/C15H18F3N3O/c1-3-12-10(8-9-19)14(22-2)21(20-12)13-7-5-4-6-11(13)15(16,17)18/h4-7H,3,8-9,19H2,1-2H3.